The summed E-state index contributed by atoms with van der Waals surface area (Å²) in [5.74, 6) is 1.56. The molecule has 0 radical (unpaired) electrons. The molecule has 0 aliphatic carbocycles. The third-order valence-corrected chi connectivity index (χ3v) is 4.88. The van der Waals surface area contributed by atoms with Gasteiger partial charge in [-0.2, -0.15) is 11.8 Å². The van der Waals surface area contributed by atoms with Crippen LogP contribution in [0, 0.1) is 0 Å². The van der Waals surface area contributed by atoms with Crippen LogP contribution in [0.15, 0.2) is 0 Å². The summed E-state index contributed by atoms with van der Waals surface area (Å²) in [4.78, 5) is 14.5. The highest BCUT2D eigenvalue weighted by Gasteiger charge is 2.45. The molecule has 19 heavy (non-hydrogen) atoms. The lowest BCUT2D eigenvalue weighted by molar-refractivity contribution is -0.133. The van der Waals surface area contributed by atoms with E-state index in [4.69, 9.17) is 0 Å². The Kier molecular flexibility index (Phi) is 7.22. The van der Waals surface area contributed by atoms with Gasteiger partial charge in [0, 0.05) is 6.54 Å². The van der Waals surface area contributed by atoms with Gasteiger partial charge in [-0.3, -0.25) is 10.1 Å². The maximum atomic E-state index is 12.5. The molecular weight excluding hydrogens is 256 g/mol. The molecule has 1 aliphatic heterocycles. The van der Waals surface area contributed by atoms with Crippen molar-refractivity contribution in [1.29, 1.82) is 0 Å². The zero-order chi connectivity index (χ0) is 14.3. The van der Waals surface area contributed by atoms with Gasteiger partial charge in [0.05, 0.1) is 11.7 Å². The van der Waals surface area contributed by atoms with E-state index in [1.165, 1.54) is 25.0 Å². The molecule has 2 atom stereocenters. The molecule has 1 saturated heterocycles. The average Bonchev–Trinajstić information content (AvgIpc) is 2.67. The molecule has 0 spiro atoms. The van der Waals surface area contributed by atoms with Crippen molar-refractivity contribution in [2.24, 2.45) is 0 Å². The number of nitrogens with zero attached hydrogens (tertiary/aromatic N) is 1. The molecule has 1 aliphatic rings. The van der Waals surface area contributed by atoms with Gasteiger partial charge >= 0.3 is 0 Å². The van der Waals surface area contributed by atoms with Crippen LogP contribution < -0.4 is 5.32 Å². The van der Waals surface area contributed by atoms with E-state index in [0.29, 0.717) is 5.91 Å². The van der Waals surface area contributed by atoms with Crippen LogP contribution in [0.4, 0.5) is 0 Å². The minimum atomic E-state index is -0.334. The fourth-order valence-corrected chi connectivity index (χ4v) is 3.17. The van der Waals surface area contributed by atoms with Crippen molar-refractivity contribution in [1.82, 2.24) is 10.2 Å². The number of thioether (sulfide) groups is 1. The zero-order valence-electron chi connectivity index (χ0n) is 13.0. The van der Waals surface area contributed by atoms with Gasteiger partial charge in [-0.25, -0.2) is 0 Å². The van der Waals surface area contributed by atoms with Crippen LogP contribution in [0.25, 0.3) is 0 Å². The summed E-state index contributed by atoms with van der Waals surface area (Å²) < 4.78 is 0. The zero-order valence-corrected chi connectivity index (χ0v) is 13.8. The van der Waals surface area contributed by atoms with Crippen molar-refractivity contribution in [2.75, 3.05) is 18.6 Å². The van der Waals surface area contributed by atoms with Gasteiger partial charge in [-0.15, -0.1) is 0 Å². The Labute approximate surface area is 122 Å². The summed E-state index contributed by atoms with van der Waals surface area (Å²) in [5, 5.41) is 3.50. The molecule has 1 heterocycles. The molecule has 0 aromatic rings. The summed E-state index contributed by atoms with van der Waals surface area (Å²) in [6, 6.07) is 0. The van der Waals surface area contributed by atoms with E-state index in [1.54, 1.807) is 0 Å². The number of hydrogen-bond acceptors (Lipinski definition) is 3. The first-order valence-corrected chi connectivity index (χ1v) is 9.06. The Morgan fingerprint density at radius 1 is 1.26 bits per heavy atom. The van der Waals surface area contributed by atoms with Gasteiger partial charge in [0.1, 0.15) is 0 Å². The van der Waals surface area contributed by atoms with E-state index in [9.17, 15) is 4.79 Å². The van der Waals surface area contributed by atoms with Crippen LogP contribution in [-0.4, -0.2) is 41.1 Å². The summed E-state index contributed by atoms with van der Waals surface area (Å²) in [6.45, 7) is 7.19. The third kappa shape index (κ3) is 4.38. The van der Waals surface area contributed by atoms with Crippen molar-refractivity contribution in [3.8, 4) is 0 Å². The molecule has 0 bridgehead atoms. The first kappa shape index (κ1) is 16.8. The van der Waals surface area contributed by atoms with E-state index in [0.717, 1.165) is 25.8 Å². The van der Waals surface area contributed by atoms with Gasteiger partial charge in [0.25, 0.3) is 0 Å². The van der Waals surface area contributed by atoms with E-state index in [-0.39, 0.29) is 11.7 Å². The molecule has 1 fully saturated rings. The number of rotatable bonds is 9. The van der Waals surface area contributed by atoms with Crippen LogP contribution in [0.5, 0.6) is 0 Å². The monoisotopic (exact) mass is 286 g/mol. The Balaban J connectivity index is 2.37. The molecule has 2 unspecified atom stereocenters. The van der Waals surface area contributed by atoms with Gasteiger partial charge in [0.2, 0.25) is 5.91 Å². The number of carbonyl (C=O) groups excluding carboxylic acids is 1. The summed E-state index contributed by atoms with van der Waals surface area (Å²) >= 11 is 1.92. The van der Waals surface area contributed by atoms with Gasteiger partial charge in [0.15, 0.2) is 0 Å². The van der Waals surface area contributed by atoms with Crippen molar-refractivity contribution >= 4 is 17.7 Å². The second kappa shape index (κ2) is 8.15. The lowest BCUT2D eigenvalue weighted by atomic mass is 9.99. The number of nitrogens with one attached hydrogen (secondary N) is 1. The van der Waals surface area contributed by atoms with E-state index in [2.05, 4.69) is 30.3 Å². The SMILES string of the molecule is CCC1NC(C)(CC)C(=O)N1CCCCCCSC. The van der Waals surface area contributed by atoms with Gasteiger partial charge < -0.3 is 4.90 Å². The topological polar surface area (TPSA) is 32.3 Å². The minimum absolute atomic E-state index is 0.239. The van der Waals surface area contributed by atoms with Crippen molar-refractivity contribution in [3.63, 3.8) is 0 Å². The number of carbonyl (C=O) groups is 1. The first-order valence-electron chi connectivity index (χ1n) is 7.66. The lowest BCUT2D eigenvalue weighted by Gasteiger charge is -2.23. The fraction of sp³-hybridized carbons (Fsp3) is 0.933. The van der Waals surface area contributed by atoms with E-state index < -0.39 is 0 Å². The van der Waals surface area contributed by atoms with Crippen molar-refractivity contribution in [2.45, 2.75) is 71.0 Å². The van der Waals surface area contributed by atoms with Crippen molar-refractivity contribution < 1.29 is 4.79 Å². The number of unbranched alkanes of at least 4 members (excludes halogenated alkanes) is 3. The molecule has 4 heteroatoms. The van der Waals surface area contributed by atoms with Crippen LogP contribution in [0.2, 0.25) is 0 Å². The summed E-state index contributed by atoms with van der Waals surface area (Å²) in [7, 11) is 0. The average molecular weight is 286 g/mol. The second-order valence-corrected chi connectivity index (χ2v) is 6.65. The highest BCUT2D eigenvalue weighted by atomic mass is 32.2. The third-order valence-electron chi connectivity index (χ3n) is 4.19. The largest absolute Gasteiger partial charge is 0.326 e. The van der Waals surface area contributed by atoms with Crippen molar-refractivity contribution in [3.05, 3.63) is 0 Å². The van der Waals surface area contributed by atoms with Gasteiger partial charge in [-0.05, 0) is 44.6 Å². The smallest absolute Gasteiger partial charge is 0.243 e. The quantitative estimate of drug-likeness (QED) is 0.660. The minimum Gasteiger partial charge on any atom is -0.326 e. The Hall–Kier alpha value is -0.220. The lowest BCUT2D eigenvalue weighted by Crippen LogP contribution is -2.43. The molecule has 0 aromatic carbocycles. The molecule has 1 N–H and O–H groups in total. The Morgan fingerprint density at radius 3 is 2.53 bits per heavy atom. The molecular formula is C15H30N2OS. The van der Waals surface area contributed by atoms with Gasteiger partial charge in [-0.1, -0.05) is 26.7 Å². The standard InChI is InChI=1S/C15H30N2OS/c1-5-13-16-15(3,6-2)14(18)17(13)11-9-7-8-10-12-19-4/h13,16H,5-12H2,1-4H3. The van der Waals surface area contributed by atoms with E-state index >= 15 is 0 Å². The van der Waals surface area contributed by atoms with Crippen LogP contribution in [0.1, 0.15) is 59.3 Å². The Bertz CT molecular complexity index is 285. The maximum absolute atomic E-state index is 12.5. The molecule has 0 saturated carbocycles. The molecule has 1 rings (SSSR count). The predicted octanol–water partition coefficient (Wildman–Crippen LogP) is 3.25. The predicted molar refractivity (Wildman–Crippen MR) is 84.5 cm³/mol. The van der Waals surface area contributed by atoms with Crippen LogP contribution in [-0.2, 0) is 4.79 Å². The highest BCUT2D eigenvalue weighted by Crippen LogP contribution is 2.25. The number of hydrogen-bond donors (Lipinski definition) is 1. The molecule has 3 nitrogen and oxygen atoms in total. The second-order valence-electron chi connectivity index (χ2n) is 5.66. The maximum Gasteiger partial charge on any atom is 0.243 e. The fourth-order valence-electron chi connectivity index (χ4n) is 2.68. The number of amides is 1. The molecule has 0 aromatic heterocycles. The highest BCUT2D eigenvalue weighted by molar-refractivity contribution is 7.98. The molecule has 112 valence electrons. The first-order chi connectivity index (χ1) is 9.09. The summed E-state index contributed by atoms with van der Waals surface area (Å²) in [6.07, 6.45) is 9.23. The molecule has 1 amide bonds. The van der Waals surface area contributed by atoms with E-state index in [1.807, 2.05) is 18.7 Å². The summed E-state index contributed by atoms with van der Waals surface area (Å²) in [5.41, 5.74) is -0.334. The van der Waals surface area contributed by atoms with Crippen LogP contribution >= 0.6 is 11.8 Å². The van der Waals surface area contributed by atoms with Crippen LogP contribution in [0.3, 0.4) is 0 Å². The normalized spacial score (nSPS) is 27.3. The Morgan fingerprint density at radius 2 is 1.95 bits per heavy atom.